The molecule has 1 N–H and O–H groups in total. The van der Waals surface area contributed by atoms with Gasteiger partial charge in [0.2, 0.25) is 5.91 Å². The van der Waals surface area contributed by atoms with E-state index in [9.17, 15) is 13.2 Å². The van der Waals surface area contributed by atoms with Gasteiger partial charge in [0.25, 0.3) is 0 Å². The van der Waals surface area contributed by atoms with Crippen molar-refractivity contribution >= 4 is 15.7 Å². The Balaban J connectivity index is 3.91. The van der Waals surface area contributed by atoms with Crippen LogP contribution in [-0.2, 0) is 14.6 Å². The molecule has 0 bridgehead atoms. The molecule has 102 valence electrons. The number of sulfone groups is 1. The van der Waals surface area contributed by atoms with Crippen molar-refractivity contribution < 1.29 is 13.2 Å². The fourth-order valence-corrected chi connectivity index (χ4v) is 1.77. The first kappa shape index (κ1) is 16.4. The maximum absolute atomic E-state index is 11.6. The fraction of sp³-hybridized carbons (Fsp3) is 0.909. The van der Waals surface area contributed by atoms with Gasteiger partial charge in [-0.05, 0) is 20.8 Å². The van der Waals surface area contributed by atoms with Crippen LogP contribution in [0, 0.1) is 0 Å². The Labute approximate surface area is 104 Å². The van der Waals surface area contributed by atoms with Gasteiger partial charge >= 0.3 is 0 Å². The van der Waals surface area contributed by atoms with Crippen molar-refractivity contribution in [1.29, 1.82) is 0 Å². The molecule has 0 radical (unpaired) electrons. The van der Waals surface area contributed by atoms with Crippen LogP contribution in [0.15, 0.2) is 0 Å². The predicted molar refractivity (Wildman–Crippen MR) is 69.7 cm³/mol. The van der Waals surface area contributed by atoms with Crippen molar-refractivity contribution in [3.63, 3.8) is 0 Å². The molecule has 0 aromatic carbocycles. The van der Waals surface area contributed by atoms with Crippen LogP contribution in [0.25, 0.3) is 0 Å². The predicted octanol–water partition coefficient (Wildman–Crippen LogP) is 0.268. The van der Waals surface area contributed by atoms with E-state index in [1.165, 1.54) is 11.2 Å². The van der Waals surface area contributed by atoms with Crippen molar-refractivity contribution in [3.05, 3.63) is 0 Å². The summed E-state index contributed by atoms with van der Waals surface area (Å²) in [6.07, 6.45) is 1.56. The maximum atomic E-state index is 11.6. The monoisotopic (exact) mass is 264 g/mol. The highest BCUT2D eigenvalue weighted by Gasteiger charge is 2.13. The molecule has 6 heteroatoms. The van der Waals surface area contributed by atoms with E-state index in [1.54, 1.807) is 7.05 Å². The third-order valence-electron chi connectivity index (χ3n) is 2.22. The maximum Gasteiger partial charge on any atom is 0.223 e. The summed E-state index contributed by atoms with van der Waals surface area (Å²) in [5.74, 6) is -0.0209. The molecule has 0 aromatic rings. The summed E-state index contributed by atoms with van der Waals surface area (Å²) in [7, 11) is -1.38. The van der Waals surface area contributed by atoms with E-state index in [0.29, 0.717) is 13.0 Å². The van der Waals surface area contributed by atoms with Crippen LogP contribution < -0.4 is 5.32 Å². The molecular formula is C11H24N2O3S. The van der Waals surface area contributed by atoms with Gasteiger partial charge in [-0.25, -0.2) is 8.42 Å². The van der Waals surface area contributed by atoms with E-state index >= 15 is 0 Å². The number of amides is 1. The molecule has 0 atom stereocenters. The molecule has 0 unspecified atom stereocenters. The molecule has 5 nitrogen and oxygen atoms in total. The molecule has 0 heterocycles. The normalized spacial score (nSPS) is 12.5. The van der Waals surface area contributed by atoms with Crippen molar-refractivity contribution in [2.75, 3.05) is 32.1 Å². The highest BCUT2D eigenvalue weighted by atomic mass is 32.2. The van der Waals surface area contributed by atoms with Gasteiger partial charge in [-0.3, -0.25) is 4.79 Å². The first-order valence-electron chi connectivity index (χ1n) is 5.68. The van der Waals surface area contributed by atoms with E-state index in [0.717, 1.165) is 0 Å². The van der Waals surface area contributed by atoms with Crippen LogP contribution >= 0.6 is 0 Å². The molecule has 0 aliphatic carbocycles. The number of carbonyl (C=O) groups excluding carboxylic acids is 1. The van der Waals surface area contributed by atoms with E-state index in [1.807, 2.05) is 20.8 Å². The Morgan fingerprint density at radius 2 is 1.82 bits per heavy atom. The van der Waals surface area contributed by atoms with E-state index < -0.39 is 9.84 Å². The molecule has 0 rings (SSSR count). The minimum absolute atomic E-state index is 0.00832. The first-order valence-corrected chi connectivity index (χ1v) is 7.74. The van der Waals surface area contributed by atoms with Crippen LogP contribution in [0.1, 0.15) is 27.2 Å². The topological polar surface area (TPSA) is 66.5 Å². The second kappa shape index (κ2) is 6.35. The van der Waals surface area contributed by atoms with Gasteiger partial charge in [0.15, 0.2) is 0 Å². The summed E-state index contributed by atoms with van der Waals surface area (Å²) in [4.78, 5) is 13.1. The lowest BCUT2D eigenvalue weighted by Crippen LogP contribution is -2.39. The molecule has 17 heavy (non-hydrogen) atoms. The summed E-state index contributed by atoms with van der Waals surface area (Å²) >= 11 is 0. The molecule has 0 saturated carbocycles. The molecule has 0 saturated heterocycles. The van der Waals surface area contributed by atoms with Crippen molar-refractivity contribution in [2.45, 2.75) is 32.7 Å². The quantitative estimate of drug-likeness (QED) is 0.748. The summed E-state index contributed by atoms with van der Waals surface area (Å²) in [6, 6.07) is 0. The lowest BCUT2D eigenvalue weighted by molar-refractivity contribution is -0.129. The van der Waals surface area contributed by atoms with Crippen LogP contribution in [0.3, 0.4) is 0 Å². The van der Waals surface area contributed by atoms with Crippen LogP contribution in [0.5, 0.6) is 0 Å². The number of nitrogens with zero attached hydrogens (tertiary/aromatic N) is 1. The highest BCUT2D eigenvalue weighted by molar-refractivity contribution is 7.90. The van der Waals surface area contributed by atoms with Crippen LogP contribution in [0.2, 0.25) is 0 Å². The molecule has 1 amide bonds. The molecular weight excluding hydrogens is 240 g/mol. The highest BCUT2D eigenvalue weighted by Crippen LogP contribution is 1.99. The summed E-state index contributed by atoms with van der Waals surface area (Å²) in [5.41, 5.74) is -0.00832. The van der Waals surface area contributed by atoms with Gasteiger partial charge in [-0.1, -0.05) is 0 Å². The van der Waals surface area contributed by atoms with Gasteiger partial charge in [-0.15, -0.1) is 0 Å². The van der Waals surface area contributed by atoms with Crippen molar-refractivity contribution in [2.24, 2.45) is 0 Å². The second-order valence-corrected chi connectivity index (χ2v) is 7.63. The molecule has 0 aromatic heterocycles. The smallest absolute Gasteiger partial charge is 0.223 e. The Kier molecular flexibility index (Phi) is 6.12. The van der Waals surface area contributed by atoms with Gasteiger partial charge in [0.05, 0.1) is 5.75 Å². The van der Waals surface area contributed by atoms with E-state index in [2.05, 4.69) is 5.32 Å². The summed E-state index contributed by atoms with van der Waals surface area (Å²) < 4.78 is 21.9. The van der Waals surface area contributed by atoms with Gasteiger partial charge in [0, 0.05) is 38.4 Å². The summed E-state index contributed by atoms with van der Waals surface area (Å²) in [6.45, 7) is 6.96. The molecule has 0 spiro atoms. The lowest BCUT2D eigenvalue weighted by Gasteiger charge is -2.22. The number of rotatable bonds is 6. The Hall–Kier alpha value is -0.620. The Morgan fingerprint density at radius 3 is 2.24 bits per heavy atom. The average molecular weight is 264 g/mol. The lowest BCUT2D eigenvalue weighted by atomic mass is 10.1. The first-order chi connectivity index (χ1) is 7.51. The SMILES string of the molecule is CN(CCS(C)(=O)=O)C(=O)CCNC(C)(C)C. The van der Waals surface area contributed by atoms with Crippen LogP contribution in [-0.4, -0.2) is 56.9 Å². The van der Waals surface area contributed by atoms with Crippen molar-refractivity contribution in [1.82, 2.24) is 10.2 Å². The Morgan fingerprint density at radius 1 is 1.29 bits per heavy atom. The van der Waals surface area contributed by atoms with E-state index in [4.69, 9.17) is 0 Å². The third kappa shape index (κ3) is 10.3. The minimum Gasteiger partial charge on any atom is -0.345 e. The standard InChI is InChI=1S/C11H24N2O3S/c1-11(2,3)12-7-6-10(14)13(4)8-9-17(5,15)16/h12H,6-9H2,1-5H3. The van der Waals surface area contributed by atoms with Crippen LogP contribution in [0.4, 0.5) is 0 Å². The number of hydrogen-bond donors (Lipinski definition) is 1. The average Bonchev–Trinajstić information content (AvgIpc) is 2.10. The zero-order valence-electron chi connectivity index (χ0n) is 11.4. The third-order valence-corrected chi connectivity index (χ3v) is 3.14. The van der Waals surface area contributed by atoms with E-state index in [-0.39, 0.29) is 23.7 Å². The number of nitrogens with one attached hydrogen (secondary N) is 1. The van der Waals surface area contributed by atoms with Gasteiger partial charge < -0.3 is 10.2 Å². The Bertz CT molecular complexity index is 344. The number of hydrogen-bond acceptors (Lipinski definition) is 4. The summed E-state index contributed by atoms with van der Waals surface area (Å²) in [5, 5.41) is 3.21. The van der Waals surface area contributed by atoms with Crippen molar-refractivity contribution in [3.8, 4) is 0 Å². The molecule has 0 aliphatic heterocycles. The second-order valence-electron chi connectivity index (χ2n) is 5.37. The fourth-order valence-electron chi connectivity index (χ4n) is 1.16. The molecule has 0 fully saturated rings. The largest absolute Gasteiger partial charge is 0.345 e. The van der Waals surface area contributed by atoms with Gasteiger partial charge in [0.1, 0.15) is 9.84 Å². The number of carbonyl (C=O) groups is 1. The zero-order valence-corrected chi connectivity index (χ0v) is 12.2. The zero-order chi connectivity index (χ0) is 13.7. The minimum atomic E-state index is -3.01. The molecule has 0 aliphatic rings. The van der Waals surface area contributed by atoms with Gasteiger partial charge in [-0.2, -0.15) is 0 Å².